The first-order valence-electron chi connectivity index (χ1n) is 11.8. The van der Waals surface area contributed by atoms with Crippen LogP contribution in [0.1, 0.15) is 58.3 Å². The average molecular weight is 537 g/mol. The van der Waals surface area contributed by atoms with Gasteiger partial charge in [-0.3, -0.25) is 14.7 Å². The summed E-state index contributed by atoms with van der Waals surface area (Å²) in [6.45, 7) is 10.4. The fourth-order valence-electron chi connectivity index (χ4n) is 4.35. The van der Waals surface area contributed by atoms with Crippen LogP contribution in [0, 0.1) is 0 Å². The highest BCUT2D eigenvalue weighted by Crippen LogP contribution is 2.18. The van der Waals surface area contributed by atoms with Crippen molar-refractivity contribution in [1.82, 2.24) is 25.3 Å². The topological polar surface area (TPSA) is 63.2 Å². The summed E-state index contributed by atoms with van der Waals surface area (Å²) < 4.78 is 0. The van der Waals surface area contributed by atoms with Crippen LogP contribution in [0.5, 0.6) is 0 Å². The molecule has 1 unspecified atom stereocenters. The van der Waals surface area contributed by atoms with Gasteiger partial charge in [0.15, 0.2) is 5.96 Å². The van der Waals surface area contributed by atoms with E-state index in [1.165, 1.54) is 45.3 Å². The zero-order valence-electron chi connectivity index (χ0n) is 19.5. The number of hydrogen-bond donors (Lipinski definition) is 2. The summed E-state index contributed by atoms with van der Waals surface area (Å²) in [5.41, 5.74) is 0. The Kier molecular flexibility index (Phi) is 14.7. The van der Waals surface area contributed by atoms with E-state index < -0.39 is 0 Å². The molecule has 8 heteroatoms. The van der Waals surface area contributed by atoms with Crippen LogP contribution in [0.25, 0.3) is 0 Å². The maximum atomic E-state index is 12.3. The van der Waals surface area contributed by atoms with Crippen molar-refractivity contribution in [3.63, 3.8) is 0 Å². The first-order chi connectivity index (χ1) is 14.1. The number of hydrogen-bond acceptors (Lipinski definition) is 4. The van der Waals surface area contributed by atoms with Crippen LogP contribution in [0.2, 0.25) is 0 Å². The third-order valence-corrected chi connectivity index (χ3v) is 5.95. The lowest BCUT2D eigenvalue weighted by Gasteiger charge is -2.26. The highest BCUT2D eigenvalue weighted by Gasteiger charge is 2.30. The van der Waals surface area contributed by atoms with E-state index in [2.05, 4.69) is 27.4 Å². The lowest BCUT2D eigenvalue weighted by molar-refractivity contribution is -0.133. The quantitative estimate of drug-likeness (QED) is 0.194. The van der Waals surface area contributed by atoms with Crippen molar-refractivity contribution < 1.29 is 4.79 Å². The first kappa shape index (κ1) is 27.4. The smallest absolute Gasteiger partial charge is 0.239 e. The Hall–Kier alpha value is -0.610. The van der Waals surface area contributed by atoms with Crippen LogP contribution in [0.3, 0.4) is 0 Å². The number of carbonyl (C=O) groups is 1. The summed E-state index contributed by atoms with van der Waals surface area (Å²) in [5.74, 6) is 1.17. The molecule has 0 aromatic rings. The Morgan fingerprint density at radius 3 is 2.40 bits per heavy atom. The van der Waals surface area contributed by atoms with Crippen molar-refractivity contribution in [3.05, 3.63) is 0 Å². The number of rotatable bonds is 10. The van der Waals surface area contributed by atoms with Gasteiger partial charge in [-0.05, 0) is 71.6 Å². The lowest BCUT2D eigenvalue weighted by Crippen LogP contribution is -2.44. The van der Waals surface area contributed by atoms with Crippen LogP contribution in [0.4, 0.5) is 0 Å². The monoisotopic (exact) mass is 536 g/mol. The van der Waals surface area contributed by atoms with Crippen molar-refractivity contribution in [2.24, 2.45) is 4.99 Å². The molecule has 2 fully saturated rings. The SMILES string of the molecule is CCNC(=NCCCN1CCCCCC1)NCCCN1CCCC1C(=O)N(C)C.I. The molecular formula is C22H45IN6O. The van der Waals surface area contributed by atoms with Crippen molar-refractivity contribution >= 4 is 35.8 Å². The second-order valence-corrected chi connectivity index (χ2v) is 8.58. The van der Waals surface area contributed by atoms with Crippen molar-refractivity contribution in [2.45, 2.75) is 64.3 Å². The Balaban J connectivity index is 0.00000450. The highest BCUT2D eigenvalue weighted by molar-refractivity contribution is 14.0. The number of halogens is 1. The molecule has 0 saturated carbocycles. The van der Waals surface area contributed by atoms with Crippen LogP contribution in [-0.4, -0.2) is 99.1 Å². The van der Waals surface area contributed by atoms with Crippen molar-refractivity contribution in [3.8, 4) is 0 Å². The summed E-state index contributed by atoms with van der Waals surface area (Å²) in [5, 5.41) is 6.82. The van der Waals surface area contributed by atoms with E-state index in [9.17, 15) is 4.79 Å². The Morgan fingerprint density at radius 1 is 1.00 bits per heavy atom. The molecular weight excluding hydrogens is 491 g/mol. The zero-order chi connectivity index (χ0) is 20.9. The zero-order valence-corrected chi connectivity index (χ0v) is 21.8. The number of carbonyl (C=O) groups excluding carboxylic acids is 1. The molecule has 0 aromatic carbocycles. The third kappa shape index (κ3) is 10.1. The van der Waals surface area contributed by atoms with Gasteiger partial charge in [0.2, 0.25) is 5.91 Å². The van der Waals surface area contributed by atoms with Crippen LogP contribution >= 0.6 is 24.0 Å². The van der Waals surface area contributed by atoms with Crippen molar-refractivity contribution in [2.75, 3.05) is 66.5 Å². The molecule has 2 heterocycles. The molecule has 2 aliphatic rings. The standard InChI is InChI=1S/C22H44N6O.HI/c1-4-23-22(24-13-10-17-27-15-7-5-6-8-16-27)25-14-11-19-28-18-9-12-20(28)21(29)26(2)3;/h20H,4-19H2,1-3H3,(H2,23,24,25);1H. The van der Waals surface area contributed by atoms with Gasteiger partial charge in [0.05, 0.1) is 6.04 Å². The van der Waals surface area contributed by atoms with Gasteiger partial charge < -0.3 is 20.4 Å². The van der Waals surface area contributed by atoms with Crippen LogP contribution in [-0.2, 0) is 4.79 Å². The van der Waals surface area contributed by atoms with Crippen molar-refractivity contribution in [1.29, 1.82) is 0 Å². The van der Waals surface area contributed by atoms with Crippen LogP contribution < -0.4 is 10.6 Å². The number of nitrogens with zero attached hydrogens (tertiary/aromatic N) is 4. The van der Waals surface area contributed by atoms with E-state index in [1.54, 1.807) is 4.90 Å². The highest BCUT2D eigenvalue weighted by atomic mass is 127. The van der Waals surface area contributed by atoms with E-state index >= 15 is 0 Å². The largest absolute Gasteiger partial charge is 0.357 e. The minimum atomic E-state index is 0. The second kappa shape index (κ2) is 16.1. The lowest BCUT2D eigenvalue weighted by atomic mass is 10.2. The minimum Gasteiger partial charge on any atom is -0.357 e. The maximum absolute atomic E-state index is 12.3. The summed E-state index contributed by atoms with van der Waals surface area (Å²) in [7, 11) is 3.71. The number of aliphatic imine (C=N–C) groups is 1. The van der Waals surface area contributed by atoms with Gasteiger partial charge in [-0.15, -0.1) is 24.0 Å². The van der Waals surface area contributed by atoms with Gasteiger partial charge in [-0.25, -0.2) is 0 Å². The van der Waals surface area contributed by atoms with Gasteiger partial charge in [-0.1, -0.05) is 12.8 Å². The maximum Gasteiger partial charge on any atom is 0.239 e. The second-order valence-electron chi connectivity index (χ2n) is 8.58. The molecule has 2 N–H and O–H groups in total. The number of amides is 1. The summed E-state index contributed by atoms with van der Waals surface area (Å²) in [6, 6.07) is 0.0749. The van der Waals surface area contributed by atoms with Gasteiger partial charge >= 0.3 is 0 Å². The Bertz CT molecular complexity index is 494. The number of guanidine groups is 1. The normalized spacial score (nSPS) is 21.0. The molecule has 30 heavy (non-hydrogen) atoms. The molecule has 0 spiro atoms. The van der Waals surface area contributed by atoms with E-state index in [-0.39, 0.29) is 35.9 Å². The summed E-state index contributed by atoms with van der Waals surface area (Å²) in [6.07, 6.45) is 9.75. The van der Waals surface area contributed by atoms with Gasteiger partial charge in [0, 0.05) is 40.3 Å². The van der Waals surface area contributed by atoms with E-state index in [0.717, 1.165) is 64.4 Å². The molecule has 7 nitrogen and oxygen atoms in total. The summed E-state index contributed by atoms with van der Waals surface area (Å²) in [4.78, 5) is 23.7. The molecule has 0 radical (unpaired) electrons. The predicted molar refractivity (Wildman–Crippen MR) is 137 cm³/mol. The molecule has 1 atom stereocenters. The molecule has 2 aliphatic heterocycles. The van der Waals surface area contributed by atoms with Crippen LogP contribution in [0.15, 0.2) is 4.99 Å². The molecule has 2 saturated heterocycles. The van der Waals surface area contributed by atoms with E-state index in [1.807, 2.05) is 14.1 Å². The number of likely N-dealkylation sites (tertiary alicyclic amines) is 2. The molecule has 0 aliphatic carbocycles. The molecule has 0 aromatic heterocycles. The molecule has 176 valence electrons. The van der Waals surface area contributed by atoms with Gasteiger partial charge in [-0.2, -0.15) is 0 Å². The third-order valence-electron chi connectivity index (χ3n) is 5.95. The Morgan fingerprint density at radius 2 is 1.73 bits per heavy atom. The fraction of sp³-hybridized carbons (Fsp3) is 0.909. The number of nitrogens with one attached hydrogen (secondary N) is 2. The minimum absolute atomic E-state index is 0. The number of likely N-dealkylation sites (N-methyl/N-ethyl adjacent to an activating group) is 1. The first-order valence-corrected chi connectivity index (χ1v) is 11.8. The summed E-state index contributed by atoms with van der Waals surface area (Å²) >= 11 is 0. The van der Waals surface area contributed by atoms with Gasteiger partial charge in [0.25, 0.3) is 0 Å². The fourth-order valence-corrected chi connectivity index (χ4v) is 4.35. The molecule has 2 rings (SSSR count). The van der Waals surface area contributed by atoms with Gasteiger partial charge in [0.1, 0.15) is 0 Å². The molecule has 0 bridgehead atoms. The molecule has 1 amide bonds. The Labute approximate surface area is 201 Å². The van der Waals surface area contributed by atoms with E-state index in [4.69, 9.17) is 4.99 Å². The van der Waals surface area contributed by atoms with E-state index in [0.29, 0.717) is 0 Å². The predicted octanol–water partition coefficient (Wildman–Crippen LogP) is 2.37. The average Bonchev–Trinajstić information content (AvgIpc) is 3.02.